The first-order valence-corrected chi connectivity index (χ1v) is 6.70. The molecule has 0 aliphatic heterocycles. The van der Waals surface area contributed by atoms with Gasteiger partial charge in [-0.1, -0.05) is 23.7 Å². The van der Waals surface area contributed by atoms with Crippen LogP contribution in [0.3, 0.4) is 0 Å². The maximum absolute atomic E-state index is 8.82. The summed E-state index contributed by atoms with van der Waals surface area (Å²) < 4.78 is 0. The van der Waals surface area contributed by atoms with Crippen LogP contribution in [0.25, 0.3) is 11.4 Å². The van der Waals surface area contributed by atoms with E-state index in [2.05, 4.69) is 22.1 Å². The Morgan fingerprint density at radius 3 is 2.68 bits per heavy atom. The Bertz CT molecular complexity index is 674. The summed E-state index contributed by atoms with van der Waals surface area (Å²) >= 11 is 5.95. The van der Waals surface area contributed by atoms with E-state index in [1.54, 1.807) is 0 Å². The Morgan fingerprint density at radius 2 is 1.95 bits per heavy atom. The summed E-state index contributed by atoms with van der Waals surface area (Å²) in [5.74, 6) is 0.581. The predicted molar refractivity (Wildman–Crippen MR) is 73.8 cm³/mol. The number of halogens is 1. The number of fused-ring (bicyclic) bond motifs is 1. The van der Waals surface area contributed by atoms with Crippen LogP contribution in [-0.4, -0.2) is 9.97 Å². The summed E-state index contributed by atoms with van der Waals surface area (Å²) in [6, 6.07) is 8.29. The maximum Gasteiger partial charge on any atom is 0.160 e. The highest BCUT2D eigenvalue weighted by Crippen LogP contribution is 2.26. The molecule has 0 saturated heterocycles. The third kappa shape index (κ3) is 2.32. The van der Waals surface area contributed by atoms with Gasteiger partial charge in [0, 0.05) is 5.56 Å². The lowest BCUT2D eigenvalue weighted by Gasteiger charge is -2.16. The molecule has 1 heterocycles. The molecule has 0 spiro atoms. The van der Waals surface area contributed by atoms with Crippen molar-refractivity contribution in [1.29, 1.82) is 5.26 Å². The topological polar surface area (TPSA) is 49.6 Å². The highest BCUT2D eigenvalue weighted by molar-refractivity contribution is 6.30. The first kappa shape index (κ1) is 12.1. The van der Waals surface area contributed by atoms with Crippen molar-refractivity contribution in [3.63, 3.8) is 0 Å². The van der Waals surface area contributed by atoms with Gasteiger partial charge in [0.05, 0.1) is 6.20 Å². The first-order valence-electron chi connectivity index (χ1n) is 6.33. The lowest BCUT2D eigenvalue weighted by molar-refractivity contribution is 0.686. The highest BCUT2D eigenvalue weighted by atomic mass is 35.5. The molecule has 0 fully saturated rings. The summed E-state index contributed by atoms with van der Waals surface area (Å²) in [4.78, 5) is 8.41. The van der Waals surface area contributed by atoms with Crippen LogP contribution in [-0.2, 0) is 12.8 Å². The van der Waals surface area contributed by atoms with Gasteiger partial charge < -0.3 is 0 Å². The number of aromatic nitrogens is 2. The lowest BCUT2D eigenvalue weighted by Crippen LogP contribution is -2.03. The molecule has 1 aliphatic carbocycles. The molecule has 1 aromatic carbocycles. The van der Waals surface area contributed by atoms with Crippen molar-refractivity contribution < 1.29 is 0 Å². The minimum Gasteiger partial charge on any atom is -0.235 e. The van der Waals surface area contributed by atoms with E-state index in [4.69, 9.17) is 16.9 Å². The second-order valence-electron chi connectivity index (χ2n) is 4.70. The molecule has 0 unspecified atom stereocenters. The van der Waals surface area contributed by atoms with Gasteiger partial charge in [0.15, 0.2) is 11.0 Å². The van der Waals surface area contributed by atoms with E-state index in [9.17, 15) is 0 Å². The number of hydrogen-bond donors (Lipinski definition) is 0. The van der Waals surface area contributed by atoms with Crippen LogP contribution in [0.15, 0.2) is 24.4 Å². The first-order chi connectivity index (χ1) is 9.28. The molecular formula is C15H12ClN3. The standard InChI is InChI=1S/C15H12ClN3/c16-14-13(8-17)9-18-15(19-14)12-6-5-10-3-1-2-4-11(10)7-12/h5-7,9H,1-4H2. The summed E-state index contributed by atoms with van der Waals surface area (Å²) in [5.41, 5.74) is 4.08. The smallest absolute Gasteiger partial charge is 0.160 e. The van der Waals surface area contributed by atoms with E-state index in [0.29, 0.717) is 11.4 Å². The average molecular weight is 270 g/mol. The molecular weight excluding hydrogens is 258 g/mol. The van der Waals surface area contributed by atoms with Gasteiger partial charge in [-0.3, -0.25) is 0 Å². The normalized spacial score (nSPS) is 13.7. The van der Waals surface area contributed by atoms with Crippen LogP contribution in [0.1, 0.15) is 29.5 Å². The highest BCUT2D eigenvalue weighted by Gasteiger charge is 2.12. The van der Waals surface area contributed by atoms with Gasteiger partial charge in [-0.2, -0.15) is 5.26 Å². The molecule has 0 N–H and O–H groups in total. The summed E-state index contributed by atoms with van der Waals surface area (Å²) in [7, 11) is 0. The van der Waals surface area contributed by atoms with E-state index >= 15 is 0 Å². The molecule has 4 heteroatoms. The molecule has 0 radical (unpaired) electrons. The fourth-order valence-electron chi connectivity index (χ4n) is 2.45. The third-order valence-electron chi connectivity index (χ3n) is 3.47. The van der Waals surface area contributed by atoms with Crippen LogP contribution in [0.5, 0.6) is 0 Å². The molecule has 0 saturated carbocycles. The van der Waals surface area contributed by atoms with Crippen molar-refractivity contribution in [2.24, 2.45) is 0 Å². The Morgan fingerprint density at radius 1 is 1.16 bits per heavy atom. The number of aryl methyl sites for hydroxylation is 2. The number of nitrogens with zero attached hydrogens (tertiary/aromatic N) is 3. The van der Waals surface area contributed by atoms with Gasteiger partial charge in [-0.15, -0.1) is 0 Å². The van der Waals surface area contributed by atoms with Crippen LogP contribution < -0.4 is 0 Å². The van der Waals surface area contributed by atoms with Crippen LogP contribution in [0.2, 0.25) is 5.15 Å². The quantitative estimate of drug-likeness (QED) is 0.744. The molecule has 1 aliphatic rings. The van der Waals surface area contributed by atoms with Crippen molar-refractivity contribution in [2.75, 3.05) is 0 Å². The van der Waals surface area contributed by atoms with Gasteiger partial charge in [0.2, 0.25) is 0 Å². The summed E-state index contributed by atoms with van der Waals surface area (Å²) in [6.45, 7) is 0. The van der Waals surface area contributed by atoms with Crippen LogP contribution >= 0.6 is 11.6 Å². The van der Waals surface area contributed by atoms with Gasteiger partial charge in [-0.05, 0) is 42.9 Å². The van der Waals surface area contributed by atoms with Gasteiger partial charge >= 0.3 is 0 Å². The van der Waals surface area contributed by atoms with Gasteiger partial charge in [0.1, 0.15) is 11.6 Å². The molecule has 2 aromatic rings. The summed E-state index contributed by atoms with van der Waals surface area (Å²) in [5, 5.41) is 9.04. The molecule has 19 heavy (non-hydrogen) atoms. The second kappa shape index (κ2) is 4.99. The third-order valence-corrected chi connectivity index (χ3v) is 3.76. The minimum absolute atomic E-state index is 0.213. The molecule has 94 valence electrons. The maximum atomic E-state index is 8.82. The zero-order chi connectivity index (χ0) is 13.2. The largest absolute Gasteiger partial charge is 0.235 e. The fraction of sp³-hybridized carbons (Fsp3) is 0.267. The van der Waals surface area contributed by atoms with E-state index < -0.39 is 0 Å². The van der Waals surface area contributed by atoms with E-state index in [0.717, 1.165) is 18.4 Å². The fourth-order valence-corrected chi connectivity index (χ4v) is 2.62. The Labute approximate surface area is 116 Å². The zero-order valence-corrected chi connectivity index (χ0v) is 11.1. The van der Waals surface area contributed by atoms with Crippen molar-refractivity contribution in [3.05, 3.63) is 46.2 Å². The molecule has 3 nitrogen and oxygen atoms in total. The van der Waals surface area contributed by atoms with E-state index in [1.165, 1.54) is 30.2 Å². The Kier molecular flexibility index (Phi) is 3.18. The number of nitriles is 1. The molecule has 1 aromatic heterocycles. The SMILES string of the molecule is N#Cc1cnc(-c2ccc3c(c2)CCCC3)nc1Cl. The van der Waals surface area contributed by atoms with Crippen molar-refractivity contribution >= 4 is 11.6 Å². The van der Waals surface area contributed by atoms with Crippen LogP contribution in [0.4, 0.5) is 0 Å². The Balaban J connectivity index is 2.03. The average Bonchev–Trinajstić information content (AvgIpc) is 2.46. The van der Waals surface area contributed by atoms with Crippen molar-refractivity contribution in [3.8, 4) is 17.5 Å². The molecule has 0 amide bonds. The molecule has 0 bridgehead atoms. The van der Waals surface area contributed by atoms with Crippen molar-refractivity contribution in [1.82, 2.24) is 9.97 Å². The number of benzene rings is 1. The zero-order valence-electron chi connectivity index (χ0n) is 10.4. The Hall–Kier alpha value is -1.92. The summed E-state index contributed by atoms with van der Waals surface area (Å²) in [6.07, 6.45) is 6.26. The molecule has 3 rings (SSSR count). The number of hydrogen-bond acceptors (Lipinski definition) is 3. The second-order valence-corrected chi connectivity index (χ2v) is 5.06. The van der Waals surface area contributed by atoms with Crippen LogP contribution in [0, 0.1) is 11.3 Å². The lowest BCUT2D eigenvalue weighted by atomic mass is 9.90. The van der Waals surface area contributed by atoms with E-state index in [1.807, 2.05) is 12.1 Å². The van der Waals surface area contributed by atoms with E-state index in [-0.39, 0.29) is 5.15 Å². The predicted octanol–water partition coefficient (Wildman–Crippen LogP) is 3.55. The van der Waals surface area contributed by atoms with Gasteiger partial charge in [0.25, 0.3) is 0 Å². The monoisotopic (exact) mass is 269 g/mol. The number of rotatable bonds is 1. The van der Waals surface area contributed by atoms with Crippen molar-refractivity contribution in [2.45, 2.75) is 25.7 Å². The van der Waals surface area contributed by atoms with Gasteiger partial charge in [-0.25, -0.2) is 9.97 Å². The minimum atomic E-state index is 0.213. The molecule has 0 atom stereocenters.